The normalized spacial score (nSPS) is 12.3. The van der Waals surface area contributed by atoms with E-state index in [9.17, 15) is 5.26 Å². The second-order valence-electron chi connectivity index (χ2n) is 8.00. The van der Waals surface area contributed by atoms with Gasteiger partial charge < -0.3 is 5.32 Å². The van der Waals surface area contributed by atoms with Gasteiger partial charge in [-0.25, -0.2) is 9.97 Å². The van der Waals surface area contributed by atoms with Gasteiger partial charge in [0.15, 0.2) is 5.16 Å². The van der Waals surface area contributed by atoms with Gasteiger partial charge in [-0.1, -0.05) is 87.1 Å². The van der Waals surface area contributed by atoms with Gasteiger partial charge in [-0.15, -0.1) is 0 Å². The van der Waals surface area contributed by atoms with Gasteiger partial charge in [0.1, 0.15) is 17.5 Å². The Labute approximate surface area is 177 Å². The minimum atomic E-state index is 0.0176. The number of nitrogens with zero attached hydrogens (tertiary/aromatic N) is 3. The summed E-state index contributed by atoms with van der Waals surface area (Å²) in [7, 11) is 0. The summed E-state index contributed by atoms with van der Waals surface area (Å²) in [5, 5.41) is 14.0. The van der Waals surface area contributed by atoms with Crippen molar-refractivity contribution in [2.45, 2.75) is 44.3 Å². The van der Waals surface area contributed by atoms with E-state index < -0.39 is 0 Å². The molecule has 0 saturated carbocycles. The lowest BCUT2D eigenvalue weighted by Crippen LogP contribution is -2.12. The number of thioether (sulfide) groups is 1. The number of benzene rings is 2. The van der Waals surface area contributed by atoms with Crippen molar-refractivity contribution in [1.29, 1.82) is 5.26 Å². The standard InChI is InChI=1S/C24H26N4S/c1-16(17-9-7-6-8-10-17)26-22-20(15-25)21(27-23(28-22)29-5)18-11-13-19(14-12-18)24(2,3)4/h6-14,16H,1-5H3,(H,26,27,28)/t16-/m1/s1. The Hall–Kier alpha value is -2.84. The van der Waals surface area contributed by atoms with Crippen LogP contribution in [0.25, 0.3) is 11.3 Å². The van der Waals surface area contributed by atoms with Crippen LogP contribution in [0.1, 0.15) is 50.4 Å². The first-order valence-corrected chi connectivity index (χ1v) is 10.8. The third-order valence-electron chi connectivity index (χ3n) is 4.86. The molecule has 0 amide bonds. The van der Waals surface area contributed by atoms with Crippen molar-refractivity contribution in [2.75, 3.05) is 11.6 Å². The topological polar surface area (TPSA) is 61.6 Å². The van der Waals surface area contributed by atoms with E-state index in [4.69, 9.17) is 0 Å². The molecule has 1 heterocycles. The van der Waals surface area contributed by atoms with E-state index in [1.165, 1.54) is 17.3 Å². The molecule has 0 fully saturated rings. The molecule has 1 atom stereocenters. The van der Waals surface area contributed by atoms with Crippen LogP contribution in [-0.2, 0) is 5.41 Å². The first-order valence-electron chi connectivity index (χ1n) is 9.62. The molecule has 3 aromatic rings. The number of nitrogens with one attached hydrogen (secondary N) is 1. The predicted octanol–water partition coefficient (Wildman–Crippen LogP) is 6.21. The molecular weight excluding hydrogens is 376 g/mol. The third kappa shape index (κ3) is 4.78. The Morgan fingerprint density at radius 3 is 2.21 bits per heavy atom. The smallest absolute Gasteiger partial charge is 0.189 e. The van der Waals surface area contributed by atoms with Crippen molar-refractivity contribution in [1.82, 2.24) is 9.97 Å². The Bertz CT molecular complexity index is 1020. The molecule has 148 valence electrons. The van der Waals surface area contributed by atoms with E-state index >= 15 is 0 Å². The molecule has 4 nitrogen and oxygen atoms in total. The maximum Gasteiger partial charge on any atom is 0.189 e. The second kappa shape index (κ2) is 8.67. The van der Waals surface area contributed by atoms with E-state index in [0.717, 1.165) is 11.1 Å². The molecule has 0 unspecified atom stereocenters. The van der Waals surface area contributed by atoms with Crippen LogP contribution in [0.4, 0.5) is 5.82 Å². The molecule has 0 spiro atoms. The summed E-state index contributed by atoms with van der Waals surface area (Å²) < 4.78 is 0. The van der Waals surface area contributed by atoms with Gasteiger partial charge in [-0.05, 0) is 29.7 Å². The number of anilines is 1. The quantitative estimate of drug-likeness (QED) is 0.406. The molecule has 0 aliphatic carbocycles. The van der Waals surface area contributed by atoms with Crippen LogP contribution in [0.3, 0.4) is 0 Å². The highest BCUT2D eigenvalue weighted by Gasteiger charge is 2.19. The van der Waals surface area contributed by atoms with Crippen LogP contribution >= 0.6 is 11.8 Å². The van der Waals surface area contributed by atoms with Crippen molar-refractivity contribution in [3.8, 4) is 17.3 Å². The van der Waals surface area contributed by atoms with Crippen LogP contribution in [0.5, 0.6) is 0 Å². The Balaban J connectivity index is 2.04. The zero-order chi connectivity index (χ0) is 21.0. The molecule has 5 heteroatoms. The predicted molar refractivity (Wildman–Crippen MR) is 121 cm³/mol. The summed E-state index contributed by atoms with van der Waals surface area (Å²) in [6, 6.07) is 20.8. The molecule has 2 aromatic carbocycles. The number of nitriles is 1. The SMILES string of the molecule is CSc1nc(N[C@H](C)c2ccccc2)c(C#N)c(-c2ccc(C(C)(C)C)cc2)n1. The molecule has 29 heavy (non-hydrogen) atoms. The van der Waals surface area contributed by atoms with Crippen molar-refractivity contribution in [2.24, 2.45) is 0 Å². The molecule has 1 aromatic heterocycles. The fourth-order valence-corrected chi connectivity index (χ4v) is 3.47. The summed E-state index contributed by atoms with van der Waals surface area (Å²) in [6.07, 6.45) is 1.94. The maximum absolute atomic E-state index is 9.91. The average Bonchev–Trinajstić information content (AvgIpc) is 2.73. The fourth-order valence-electron chi connectivity index (χ4n) is 3.11. The molecule has 0 bridgehead atoms. The summed E-state index contributed by atoms with van der Waals surface area (Å²) in [6.45, 7) is 8.62. The van der Waals surface area contributed by atoms with Gasteiger partial charge in [0.2, 0.25) is 0 Å². The summed E-state index contributed by atoms with van der Waals surface area (Å²) >= 11 is 1.47. The van der Waals surface area contributed by atoms with Gasteiger partial charge in [0.25, 0.3) is 0 Å². The molecule has 0 aliphatic heterocycles. The Morgan fingerprint density at radius 1 is 1.00 bits per heavy atom. The Kier molecular flexibility index (Phi) is 6.24. The maximum atomic E-state index is 9.91. The van der Waals surface area contributed by atoms with Crippen LogP contribution in [0.2, 0.25) is 0 Å². The molecular formula is C24H26N4S. The highest BCUT2D eigenvalue weighted by molar-refractivity contribution is 7.98. The average molecular weight is 403 g/mol. The van der Waals surface area contributed by atoms with E-state index in [-0.39, 0.29) is 11.5 Å². The van der Waals surface area contributed by atoms with Gasteiger partial charge in [0.05, 0.1) is 5.69 Å². The summed E-state index contributed by atoms with van der Waals surface area (Å²) in [5.74, 6) is 0.568. The fraction of sp³-hybridized carbons (Fsp3) is 0.292. The first-order chi connectivity index (χ1) is 13.8. The largest absolute Gasteiger partial charge is 0.362 e. The lowest BCUT2D eigenvalue weighted by molar-refractivity contribution is 0.590. The highest BCUT2D eigenvalue weighted by Crippen LogP contribution is 2.32. The van der Waals surface area contributed by atoms with Crippen molar-refractivity contribution >= 4 is 17.6 Å². The van der Waals surface area contributed by atoms with Gasteiger partial charge in [-0.2, -0.15) is 5.26 Å². The van der Waals surface area contributed by atoms with E-state index in [0.29, 0.717) is 22.2 Å². The highest BCUT2D eigenvalue weighted by atomic mass is 32.2. The van der Waals surface area contributed by atoms with Gasteiger partial charge in [0, 0.05) is 11.6 Å². The minimum absolute atomic E-state index is 0.0176. The number of rotatable bonds is 5. The molecule has 3 rings (SSSR count). The lowest BCUT2D eigenvalue weighted by atomic mass is 9.86. The summed E-state index contributed by atoms with van der Waals surface area (Å²) in [4.78, 5) is 9.24. The second-order valence-corrected chi connectivity index (χ2v) is 8.77. The minimum Gasteiger partial charge on any atom is -0.362 e. The van der Waals surface area contributed by atoms with Crippen LogP contribution in [0, 0.1) is 11.3 Å². The number of aromatic nitrogens is 2. The number of hydrogen-bond donors (Lipinski definition) is 1. The monoisotopic (exact) mass is 402 g/mol. The third-order valence-corrected chi connectivity index (χ3v) is 5.41. The molecule has 0 radical (unpaired) electrons. The molecule has 0 saturated heterocycles. The van der Waals surface area contributed by atoms with Crippen LogP contribution in [-0.4, -0.2) is 16.2 Å². The molecule has 1 N–H and O–H groups in total. The van der Waals surface area contributed by atoms with Crippen molar-refractivity contribution in [3.05, 3.63) is 71.3 Å². The van der Waals surface area contributed by atoms with Crippen molar-refractivity contribution in [3.63, 3.8) is 0 Å². The van der Waals surface area contributed by atoms with Crippen molar-refractivity contribution < 1.29 is 0 Å². The Morgan fingerprint density at radius 2 is 1.66 bits per heavy atom. The van der Waals surface area contributed by atoms with Gasteiger partial charge >= 0.3 is 0 Å². The zero-order valence-corrected chi connectivity index (χ0v) is 18.3. The van der Waals surface area contributed by atoms with Crippen LogP contribution < -0.4 is 5.32 Å². The zero-order valence-electron chi connectivity index (χ0n) is 17.5. The lowest BCUT2D eigenvalue weighted by Gasteiger charge is -2.20. The van der Waals surface area contributed by atoms with E-state index in [2.05, 4.69) is 73.3 Å². The van der Waals surface area contributed by atoms with E-state index in [1.54, 1.807) is 0 Å². The number of hydrogen-bond acceptors (Lipinski definition) is 5. The van der Waals surface area contributed by atoms with E-state index in [1.807, 2.05) is 36.6 Å². The summed E-state index contributed by atoms with van der Waals surface area (Å²) in [5.41, 5.74) is 4.50. The van der Waals surface area contributed by atoms with Gasteiger partial charge in [-0.3, -0.25) is 0 Å². The van der Waals surface area contributed by atoms with Crippen LogP contribution in [0.15, 0.2) is 59.8 Å². The molecule has 0 aliphatic rings. The first kappa shape index (κ1) is 20.9.